The molecule has 2 atom stereocenters. The summed E-state index contributed by atoms with van der Waals surface area (Å²) in [4.78, 5) is 11.2. The molecule has 0 unspecified atom stereocenters. The monoisotopic (exact) mass is 154 g/mol. The van der Waals surface area contributed by atoms with Crippen molar-refractivity contribution in [3.63, 3.8) is 0 Å². The maximum absolute atomic E-state index is 11.2. The highest BCUT2D eigenvalue weighted by molar-refractivity contribution is 5.78. The van der Waals surface area contributed by atoms with Crippen molar-refractivity contribution in [3.05, 3.63) is 0 Å². The van der Waals surface area contributed by atoms with Gasteiger partial charge >= 0.3 is 0 Å². The van der Waals surface area contributed by atoms with Crippen LogP contribution < -0.4 is 0 Å². The molecule has 0 aliphatic heterocycles. The number of carbonyl (C=O) groups excluding carboxylic acids is 1. The Hall–Kier alpha value is -0.330. The van der Waals surface area contributed by atoms with Crippen molar-refractivity contribution in [2.45, 2.75) is 46.0 Å². The highest BCUT2D eigenvalue weighted by Gasteiger charge is 2.26. The zero-order valence-electron chi connectivity index (χ0n) is 7.60. The summed E-state index contributed by atoms with van der Waals surface area (Å²) in [5.41, 5.74) is 0. The Morgan fingerprint density at radius 3 is 2.45 bits per heavy atom. The molecule has 0 aromatic rings. The number of ketones is 1. The first-order valence-electron chi connectivity index (χ1n) is 4.76. The predicted molar refractivity (Wildman–Crippen MR) is 46.4 cm³/mol. The van der Waals surface area contributed by atoms with E-state index in [1.165, 1.54) is 25.7 Å². The average molecular weight is 154 g/mol. The first kappa shape index (κ1) is 8.76. The molecule has 0 amide bonds. The summed E-state index contributed by atoms with van der Waals surface area (Å²) in [5, 5.41) is 0. The molecule has 0 bridgehead atoms. The van der Waals surface area contributed by atoms with Crippen molar-refractivity contribution in [2.75, 3.05) is 0 Å². The minimum Gasteiger partial charge on any atom is -0.300 e. The van der Waals surface area contributed by atoms with Crippen LogP contribution in [0.4, 0.5) is 0 Å². The maximum Gasteiger partial charge on any atom is 0.133 e. The predicted octanol–water partition coefficient (Wildman–Crippen LogP) is 2.79. The fraction of sp³-hybridized carbons (Fsp3) is 0.900. The van der Waals surface area contributed by atoms with Crippen LogP contribution in [0.5, 0.6) is 0 Å². The fourth-order valence-electron chi connectivity index (χ4n) is 2.23. The van der Waals surface area contributed by atoms with Crippen LogP contribution in [0.15, 0.2) is 0 Å². The minimum atomic E-state index is 0.397. The summed E-state index contributed by atoms with van der Waals surface area (Å²) in [7, 11) is 0. The van der Waals surface area contributed by atoms with Gasteiger partial charge in [0.15, 0.2) is 0 Å². The van der Waals surface area contributed by atoms with E-state index in [0.717, 1.165) is 6.42 Å². The summed E-state index contributed by atoms with van der Waals surface area (Å²) >= 11 is 0. The lowest BCUT2D eigenvalue weighted by Crippen LogP contribution is -2.24. The molecule has 0 heterocycles. The van der Waals surface area contributed by atoms with Gasteiger partial charge in [-0.05, 0) is 25.7 Å². The normalized spacial score (nSPS) is 31.8. The SMILES string of the molecule is CC[C@H]1CCCC[C@H]1C(C)=O. The van der Waals surface area contributed by atoms with E-state index in [9.17, 15) is 4.79 Å². The lowest BCUT2D eigenvalue weighted by molar-refractivity contribution is -0.123. The Morgan fingerprint density at radius 1 is 1.36 bits per heavy atom. The number of hydrogen-bond acceptors (Lipinski definition) is 1. The second-order valence-corrected chi connectivity index (χ2v) is 3.67. The third-order valence-electron chi connectivity index (χ3n) is 2.96. The minimum absolute atomic E-state index is 0.397. The molecular formula is C10H18O. The van der Waals surface area contributed by atoms with Crippen molar-refractivity contribution >= 4 is 5.78 Å². The van der Waals surface area contributed by atoms with E-state index in [-0.39, 0.29) is 0 Å². The van der Waals surface area contributed by atoms with Gasteiger partial charge in [-0.3, -0.25) is 4.79 Å². The maximum atomic E-state index is 11.2. The van der Waals surface area contributed by atoms with Gasteiger partial charge in [0.1, 0.15) is 5.78 Å². The third kappa shape index (κ3) is 2.05. The van der Waals surface area contributed by atoms with Crippen molar-refractivity contribution in [1.82, 2.24) is 0 Å². The summed E-state index contributed by atoms with van der Waals surface area (Å²) in [6.45, 7) is 3.95. The topological polar surface area (TPSA) is 17.1 Å². The van der Waals surface area contributed by atoms with Crippen molar-refractivity contribution in [3.8, 4) is 0 Å². The Balaban J connectivity index is 2.51. The van der Waals surface area contributed by atoms with Crippen LogP contribution in [0.3, 0.4) is 0 Å². The lowest BCUT2D eigenvalue weighted by atomic mass is 9.76. The van der Waals surface area contributed by atoms with Gasteiger partial charge in [-0.2, -0.15) is 0 Å². The van der Waals surface area contributed by atoms with Crippen LogP contribution in [0.25, 0.3) is 0 Å². The molecular weight excluding hydrogens is 136 g/mol. The second kappa shape index (κ2) is 3.89. The van der Waals surface area contributed by atoms with Crippen LogP contribution in [-0.4, -0.2) is 5.78 Å². The summed E-state index contributed by atoms with van der Waals surface area (Å²) in [6, 6.07) is 0. The molecule has 1 aliphatic carbocycles. The first-order chi connectivity index (χ1) is 5.25. The highest BCUT2D eigenvalue weighted by atomic mass is 16.1. The zero-order chi connectivity index (χ0) is 8.27. The largest absolute Gasteiger partial charge is 0.300 e. The van der Waals surface area contributed by atoms with E-state index in [1.807, 2.05) is 0 Å². The van der Waals surface area contributed by atoms with E-state index in [0.29, 0.717) is 17.6 Å². The summed E-state index contributed by atoms with van der Waals surface area (Å²) in [5.74, 6) is 1.51. The Bertz CT molecular complexity index is 140. The van der Waals surface area contributed by atoms with Gasteiger partial charge in [-0.1, -0.05) is 26.2 Å². The molecule has 1 heteroatoms. The van der Waals surface area contributed by atoms with Gasteiger partial charge in [0.2, 0.25) is 0 Å². The van der Waals surface area contributed by atoms with Crippen molar-refractivity contribution in [2.24, 2.45) is 11.8 Å². The van der Waals surface area contributed by atoms with E-state index in [2.05, 4.69) is 6.92 Å². The van der Waals surface area contributed by atoms with Gasteiger partial charge in [0.25, 0.3) is 0 Å². The van der Waals surface area contributed by atoms with E-state index < -0.39 is 0 Å². The van der Waals surface area contributed by atoms with Crippen LogP contribution in [-0.2, 0) is 4.79 Å². The number of hydrogen-bond donors (Lipinski definition) is 0. The molecule has 1 aliphatic rings. The van der Waals surface area contributed by atoms with Crippen molar-refractivity contribution < 1.29 is 4.79 Å². The molecule has 1 nitrogen and oxygen atoms in total. The molecule has 0 aromatic carbocycles. The third-order valence-corrected chi connectivity index (χ3v) is 2.96. The average Bonchev–Trinajstić information content (AvgIpc) is 2.04. The quantitative estimate of drug-likeness (QED) is 0.597. The molecule has 0 N–H and O–H groups in total. The fourth-order valence-corrected chi connectivity index (χ4v) is 2.23. The molecule has 1 saturated carbocycles. The summed E-state index contributed by atoms with van der Waals surface area (Å²) in [6.07, 6.45) is 6.21. The number of rotatable bonds is 2. The lowest BCUT2D eigenvalue weighted by Gasteiger charge is -2.28. The molecule has 11 heavy (non-hydrogen) atoms. The van der Waals surface area contributed by atoms with Crippen LogP contribution in [0.1, 0.15) is 46.0 Å². The summed E-state index contributed by atoms with van der Waals surface area (Å²) < 4.78 is 0. The van der Waals surface area contributed by atoms with E-state index >= 15 is 0 Å². The Labute approximate surface area is 69.2 Å². The molecule has 0 radical (unpaired) electrons. The Morgan fingerprint density at radius 2 is 2.00 bits per heavy atom. The van der Waals surface area contributed by atoms with Gasteiger partial charge in [0, 0.05) is 5.92 Å². The molecule has 0 aromatic heterocycles. The Kier molecular flexibility index (Phi) is 3.10. The molecule has 1 rings (SSSR count). The van der Waals surface area contributed by atoms with Crippen LogP contribution >= 0.6 is 0 Å². The van der Waals surface area contributed by atoms with E-state index in [1.54, 1.807) is 6.92 Å². The number of Topliss-reactive ketones (excluding diaryl/α,β-unsaturated/α-hetero) is 1. The molecule has 64 valence electrons. The smallest absolute Gasteiger partial charge is 0.133 e. The zero-order valence-corrected chi connectivity index (χ0v) is 7.60. The number of carbonyl (C=O) groups is 1. The second-order valence-electron chi connectivity index (χ2n) is 3.67. The first-order valence-corrected chi connectivity index (χ1v) is 4.76. The van der Waals surface area contributed by atoms with E-state index in [4.69, 9.17) is 0 Å². The molecule has 0 saturated heterocycles. The molecule has 1 fully saturated rings. The highest BCUT2D eigenvalue weighted by Crippen LogP contribution is 2.32. The van der Waals surface area contributed by atoms with Gasteiger partial charge < -0.3 is 0 Å². The van der Waals surface area contributed by atoms with Gasteiger partial charge in [-0.25, -0.2) is 0 Å². The van der Waals surface area contributed by atoms with Gasteiger partial charge in [0.05, 0.1) is 0 Å². The van der Waals surface area contributed by atoms with Gasteiger partial charge in [-0.15, -0.1) is 0 Å². The molecule has 0 spiro atoms. The van der Waals surface area contributed by atoms with Crippen LogP contribution in [0, 0.1) is 11.8 Å². The standard InChI is InChI=1S/C10H18O/c1-3-9-6-4-5-7-10(9)8(2)11/h9-10H,3-7H2,1-2H3/t9-,10-/m0/s1. The van der Waals surface area contributed by atoms with Crippen LogP contribution in [0.2, 0.25) is 0 Å². The van der Waals surface area contributed by atoms with Crippen molar-refractivity contribution in [1.29, 1.82) is 0 Å².